The predicted molar refractivity (Wildman–Crippen MR) is 126 cm³/mol. The molecule has 0 spiro atoms. The average Bonchev–Trinajstić information content (AvgIpc) is 2.76. The van der Waals surface area contributed by atoms with Gasteiger partial charge < -0.3 is 24.6 Å². The smallest absolute Gasteiger partial charge is 0.257 e. The molecule has 3 rings (SSSR count). The molecule has 1 aliphatic carbocycles. The predicted octanol–water partition coefficient (Wildman–Crippen LogP) is 3.17. The van der Waals surface area contributed by atoms with Crippen LogP contribution in [0.5, 0.6) is 5.75 Å². The van der Waals surface area contributed by atoms with Gasteiger partial charge in [-0.1, -0.05) is 20.3 Å². The molecule has 1 saturated carbocycles. The normalized spacial score (nSPS) is 24.6. The standard InChI is InChI=1S/C25H37N3O5/c1-6-23(29)26-19-10-11-20-21(12-19)33-15-17(3)28(24(30)18-8-7-9-18)13-16(2)22(32-5)14-27(4)25(20)31/h10-12,16-18,22H,6-9,13-15H2,1-5H3,(H,26,29)/t16-,17+,22-/m0/s1. The molecule has 3 amide bonds. The van der Waals surface area contributed by atoms with Crippen molar-refractivity contribution in [1.82, 2.24) is 9.80 Å². The average molecular weight is 460 g/mol. The number of hydrogen-bond donors (Lipinski definition) is 1. The van der Waals surface area contributed by atoms with E-state index in [-0.39, 0.29) is 48.3 Å². The second-order valence-electron chi connectivity index (χ2n) is 9.33. The number of methoxy groups -OCH3 is 1. The zero-order valence-corrected chi connectivity index (χ0v) is 20.4. The largest absolute Gasteiger partial charge is 0.491 e. The highest BCUT2D eigenvalue weighted by Gasteiger charge is 2.35. The molecule has 0 saturated heterocycles. The van der Waals surface area contributed by atoms with Gasteiger partial charge in [0.2, 0.25) is 11.8 Å². The van der Waals surface area contributed by atoms with Crippen LogP contribution in [-0.2, 0) is 14.3 Å². The highest BCUT2D eigenvalue weighted by atomic mass is 16.5. The van der Waals surface area contributed by atoms with Gasteiger partial charge in [0.1, 0.15) is 12.4 Å². The molecule has 8 heteroatoms. The molecule has 1 fully saturated rings. The van der Waals surface area contributed by atoms with E-state index < -0.39 is 0 Å². The van der Waals surface area contributed by atoms with Gasteiger partial charge in [-0.25, -0.2) is 0 Å². The number of nitrogens with zero attached hydrogens (tertiary/aromatic N) is 2. The van der Waals surface area contributed by atoms with Gasteiger partial charge in [-0.3, -0.25) is 14.4 Å². The topological polar surface area (TPSA) is 88.2 Å². The van der Waals surface area contributed by atoms with Crippen molar-refractivity contribution in [3.05, 3.63) is 23.8 Å². The number of fused-ring (bicyclic) bond motifs is 1. The molecule has 182 valence electrons. The van der Waals surface area contributed by atoms with E-state index in [0.29, 0.717) is 36.5 Å². The molecule has 8 nitrogen and oxygen atoms in total. The van der Waals surface area contributed by atoms with E-state index in [4.69, 9.17) is 9.47 Å². The summed E-state index contributed by atoms with van der Waals surface area (Å²) in [6.07, 6.45) is 3.11. The molecule has 0 aromatic heterocycles. The minimum absolute atomic E-state index is 0.0438. The van der Waals surface area contributed by atoms with Gasteiger partial charge in [0.25, 0.3) is 5.91 Å². The van der Waals surface area contributed by atoms with Gasteiger partial charge in [0.05, 0.1) is 17.7 Å². The Morgan fingerprint density at radius 3 is 2.55 bits per heavy atom. The Morgan fingerprint density at radius 2 is 1.94 bits per heavy atom. The summed E-state index contributed by atoms with van der Waals surface area (Å²) in [5, 5.41) is 2.82. The Bertz CT molecular complexity index is 870. The second kappa shape index (κ2) is 11.0. The van der Waals surface area contributed by atoms with Gasteiger partial charge in [0, 0.05) is 57.3 Å². The van der Waals surface area contributed by atoms with Crippen molar-refractivity contribution in [2.24, 2.45) is 11.8 Å². The summed E-state index contributed by atoms with van der Waals surface area (Å²) in [6.45, 7) is 7.00. The number of carbonyl (C=O) groups excluding carboxylic acids is 3. The molecule has 0 bridgehead atoms. The van der Waals surface area contributed by atoms with Gasteiger partial charge in [-0.2, -0.15) is 0 Å². The Morgan fingerprint density at radius 1 is 1.21 bits per heavy atom. The van der Waals surface area contributed by atoms with Crippen LogP contribution in [0.1, 0.15) is 56.8 Å². The molecule has 1 aromatic rings. The molecule has 0 radical (unpaired) electrons. The number of nitrogens with one attached hydrogen (secondary N) is 1. The second-order valence-corrected chi connectivity index (χ2v) is 9.33. The monoisotopic (exact) mass is 459 g/mol. The molecule has 0 unspecified atom stereocenters. The third-order valence-corrected chi connectivity index (χ3v) is 6.79. The van der Waals surface area contributed by atoms with Crippen LogP contribution in [0.15, 0.2) is 18.2 Å². The van der Waals surface area contributed by atoms with Crippen LogP contribution >= 0.6 is 0 Å². The number of benzene rings is 1. The lowest BCUT2D eigenvalue weighted by atomic mass is 9.83. The van der Waals surface area contributed by atoms with E-state index >= 15 is 0 Å². The fourth-order valence-electron chi connectivity index (χ4n) is 4.30. The molecule has 2 aliphatic rings. The fraction of sp³-hybridized carbons (Fsp3) is 0.640. The van der Waals surface area contributed by atoms with Gasteiger partial charge >= 0.3 is 0 Å². The van der Waals surface area contributed by atoms with Crippen LogP contribution < -0.4 is 10.1 Å². The number of likely N-dealkylation sites (N-methyl/N-ethyl adjacent to an activating group) is 1. The van der Waals surface area contributed by atoms with E-state index in [1.165, 1.54) is 0 Å². The van der Waals surface area contributed by atoms with E-state index in [2.05, 4.69) is 12.2 Å². The summed E-state index contributed by atoms with van der Waals surface area (Å²) in [4.78, 5) is 41.9. The minimum Gasteiger partial charge on any atom is -0.491 e. The van der Waals surface area contributed by atoms with Crippen LogP contribution in [0.2, 0.25) is 0 Å². The SMILES string of the molecule is CCC(=O)Nc1ccc2c(c1)OC[C@@H](C)N(C(=O)C1CCC1)C[C@H](C)[C@@H](OC)CN(C)C2=O. The zero-order valence-electron chi connectivity index (χ0n) is 20.4. The molecule has 33 heavy (non-hydrogen) atoms. The van der Waals surface area contributed by atoms with Crippen LogP contribution in [0.25, 0.3) is 0 Å². The van der Waals surface area contributed by atoms with E-state index in [1.54, 1.807) is 44.2 Å². The minimum atomic E-state index is -0.213. The van der Waals surface area contributed by atoms with Crippen molar-refractivity contribution < 1.29 is 23.9 Å². The van der Waals surface area contributed by atoms with Crippen molar-refractivity contribution >= 4 is 23.4 Å². The maximum atomic E-state index is 13.2. The third-order valence-electron chi connectivity index (χ3n) is 6.79. The van der Waals surface area contributed by atoms with Crippen LogP contribution in [-0.4, -0.2) is 73.5 Å². The summed E-state index contributed by atoms with van der Waals surface area (Å²) in [5.41, 5.74) is 0.987. The summed E-state index contributed by atoms with van der Waals surface area (Å²) in [7, 11) is 3.38. The van der Waals surface area contributed by atoms with E-state index in [1.807, 2.05) is 11.8 Å². The highest BCUT2D eigenvalue weighted by molar-refractivity contribution is 5.98. The highest BCUT2D eigenvalue weighted by Crippen LogP contribution is 2.31. The lowest BCUT2D eigenvalue weighted by Crippen LogP contribution is -2.51. The van der Waals surface area contributed by atoms with Crippen molar-refractivity contribution in [1.29, 1.82) is 0 Å². The first-order valence-corrected chi connectivity index (χ1v) is 11.9. The Labute approximate surface area is 196 Å². The summed E-state index contributed by atoms with van der Waals surface area (Å²) in [6, 6.07) is 4.90. The summed E-state index contributed by atoms with van der Waals surface area (Å²) in [5.74, 6) is 0.400. The molecule has 1 N–H and O–H groups in total. The molecule has 1 heterocycles. The lowest BCUT2D eigenvalue weighted by molar-refractivity contribution is -0.142. The molecule has 1 aromatic carbocycles. The van der Waals surface area contributed by atoms with Gasteiger partial charge in [-0.15, -0.1) is 0 Å². The van der Waals surface area contributed by atoms with Gasteiger partial charge in [-0.05, 0) is 31.9 Å². The molecular formula is C25H37N3O5. The number of carbonyl (C=O) groups is 3. The van der Waals surface area contributed by atoms with Crippen LogP contribution in [0.3, 0.4) is 0 Å². The van der Waals surface area contributed by atoms with E-state index in [0.717, 1.165) is 19.3 Å². The number of amides is 3. The number of anilines is 1. The van der Waals surface area contributed by atoms with E-state index in [9.17, 15) is 14.4 Å². The summed E-state index contributed by atoms with van der Waals surface area (Å²) < 4.78 is 11.9. The molecule has 3 atom stereocenters. The first kappa shape index (κ1) is 25.0. The number of ether oxygens (including phenoxy) is 2. The van der Waals surface area contributed by atoms with Crippen LogP contribution in [0, 0.1) is 11.8 Å². The zero-order chi connectivity index (χ0) is 24.1. The molecule has 1 aliphatic heterocycles. The number of rotatable bonds is 4. The number of hydrogen-bond acceptors (Lipinski definition) is 5. The van der Waals surface area contributed by atoms with Crippen molar-refractivity contribution in [2.45, 2.75) is 58.6 Å². The third kappa shape index (κ3) is 5.85. The van der Waals surface area contributed by atoms with Crippen molar-refractivity contribution in [3.8, 4) is 5.75 Å². The van der Waals surface area contributed by atoms with Crippen molar-refractivity contribution in [3.63, 3.8) is 0 Å². The van der Waals surface area contributed by atoms with Crippen LogP contribution in [0.4, 0.5) is 5.69 Å². The maximum absolute atomic E-state index is 13.2. The Balaban J connectivity index is 1.94. The first-order chi connectivity index (χ1) is 15.7. The van der Waals surface area contributed by atoms with Crippen molar-refractivity contribution in [2.75, 3.05) is 39.2 Å². The maximum Gasteiger partial charge on any atom is 0.257 e. The van der Waals surface area contributed by atoms with Gasteiger partial charge in [0.15, 0.2) is 0 Å². The molecular weight excluding hydrogens is 422 g/mol. The Kier molecular flexibility index (Phi) is 8.35. The quantitative estimate of drug-likeness (QED) is 0.747. The summed E-state index contributed by atoms with van der Waals surface area (Å²) >= 11 is 0. The first-order valence-electron chi connectivity index (χ1n) is 11.9. The Hall–Kier alpha value is -2.61. The fourth-order valence-corrected chi connectivity index (χ4v) is 4.30. The lowest BCUT2D eigenvalue weighted by Gasteiger charge is -2.39.